The van der Waals surface area contributed by atoms with E-state index in [9.17, 15) is 8.42 Å². The Morgan fingerprint density at radius 1 is 1.44 bits per heavy atom. The first-order valence-electron chi connectivity index (χ1n) is 5.59. The number of nitrogens with one attached hydrogen (secondary N) is 2. The lowest BCUT2D eigenvalue weighted by Gasteiger charge is -2.15. The molecule has 1 heterocycles. The number of hydrogen-bond acceptors (Lipinski definition) is 5. The van der Waals surface area contributed by atoms with Crippen molar-refractivity contribution in [3.63, 3.8) is 0 Å². The van der Waals surface area contributed by atoms with Gasteiger partial charge in [-0.05, 0) is 18.9 Å². The molecule has 0 spiro atoms. The Bertz CT molecular complexity index is 503. The van der Waals surface area contributed by atoms with Gasteiger partial charge in [0.15, 0.2) is 5.82 Å². The Kier molecular flexibility index (Phi) is 5.33. The highest BCUT2D eigenvalue weighted by molar-refractivity contribution is 7.89. The van der Waals surface area contributed by atoms with Gasteiger partial charge in [0, 0.05) is 12.2 Å². The van der Waals surface area contributed by atoms with Crippen LogP contribution in [0, 0.1) is 0 Å². The van der Waals surface area contributed by atoms with Crippen molar-refractivity contribution in [2.45, 2.75) is 37.6 Å². The second-order valence-electron chi connectivity index (χ2n) is 3.78. The van der Waals surface area contributed by atoms with Crippen molar-refractivity contribution in [2.75, 3.05) is 5.43 Å². The van der Waals surface area contributed by atoms with Crippen LogP contribution in [0.25, 0.3) is 0 Å². The molecule has 0 fully saturated rings. The average molecular weight is 293 g/mol. The van der Waals surface area contributed by atoms with Gasteiger partial charge in [0.05, 0.1) is 5.02 Å². The highest BCUT2D eigenvalue weighted by Crippen LogP contribution is 2.21. The van der Waals surface area contributed by atoms with Crippen LogP contribution in [0.4, 0.5) is 5.82 Å². The van der Waals surface area contributed by atoms with Crippen LogP contribution < -0.4 is 16.0 Å². The maximum absolute atomic E-state index is 12.1. The van der Waals surface area contributed by atoms with Crippen LogP contribution >= 0.6 is 11.6 Å². The molecule has 0 unspecified atom stereocenters. The third-order valence-corrected chi connectivity index (χ3v) is 4.35. The fourth-order valence-electron chi connectivity index (χ4n) is 1.42. The van der Waals surface area contributed by atoms with Crippen LogP contribution in [-0.4, -0.2) is 19.4 Å². The van der Waals surface area contributed by atoms with Crippen molar-refractivity contribution >= 4 is 27.4 Å². The lowest BCUT2D eigenvalue weighted by Crippen LogP contribution is -2.33. The molecule has 0 bridgehead atoms. The van der Waals surface area contributed by atoms with Crippen molar-refractivity contribution in [3.8, 4) is 0 Å². The van der Waals surface area contributed by atoms with E-state index < -0.39 is 10.0 Å². The van der Waals surface area contributed by atoms with E-state index in [2.05, 4.69) is 15.1 Å². The van der Waals surface area contributed by atoms with Gasteiger partial charge in [-0.2, -0.15) is 0 Å². The maximum Gasteiger partial charge on any atom is 0.242 e. The number of hydrogen-bond donors (Lipinski definition) is 3. The number of aromatic nitrogens is 1. The van der Waals surface area contributed by atoms with E-state index in [4.69, 9.17) is 17.4 Å². The zero-order chi connectivity index (χ0) is 13.8. The number of nitrogens with zero attached hydrogens (tertiary/aromatic N) is 1. The second kappa shape index (κ2) is 6.33. The largest absolute Gasteiger partial charge is 0.307 e. The molecule has 0 amide bonds. The molecular formula is C10H17ClN4O2S. The van der Waals surface area contributed by atoms with Crippen molar-refractivity contribution in [1.29, 1.82) is 0 Å². The topological polar surface area (TPSA) is 97.1 Å². The average Bonchev–Trinajstić information content (AvgIpc) is 2.35. The molecule has 18 heavy (non-hydrogen) atoms. The molecule has 6 nitrogen and oxygen atoms in total. The van der Waals surface area contributed by atoms with Gasteiger partial charge < -0.3 is 5.43 Å². The summed E-state index contributed by atoms with van der Waals surface area (Å²) in [4.78, 5) is 3.86. The van der Waals surface area contributed by atoms with Crippen LogP contribution in [0.5, 0.6) is 0 Å². The molecule has 0 aromatic carbocycles. The SMILES string of the molecule is CCC(CC)NS(=O)(=O)c1cnc(NN)c(Cl)c1. The molecular weight excluding hydrogens is 276 g/mol. The van der Waals surface area contributed by atoms with Crippen molar-refractivity contribution in [3.05, 3.63) is 17.3 Å². The number of anilines is 1. The van der Waals surface area contributed by atoms with E-state index in [1.54, 1.807) is 0 Å². The monoisotopic (exact) mass is 292 g/mol. The highest BCUT2D eigenvalue weighted by Gasteiger charge is 2.19. The number of halogens is 1. The van der Waals surface area contributed by atoms with E-state index >= 15 is 0 Å². The van der Waals surface area contributed by atoms with Crippen LogP contribution in [0.15, 0.2) is 17.2 Å². The molecule has 0 atom stereocenters. The smallest absolute Gasteiger partial charge is 0.242 e. The molecule has 4 N–H and O–H groups in total. The molecule has 0 radical (unpaired) electrons. The third kappa shape index (κ3) is 3.55. The molecule has 1 aromatic rings. The van der Waals surface area contributed by atoms with Gasteiger partial charge in [0.1, 0.15) is 4.90 Å². The van der Waals surface area contributed by atoms with Crippen LogP contribution in [0.1, 0.15) is 26.7 Å². The Hall–Kier alpha value is -0.890. The lowest BCUT2D eigenvalue weighted by molar-refractivity contribution is 0.530. The minimum absolute atomic E-state index is 0.0263. The first kappa shape index (κ1) is 15.2. The number of sulfonamides is 1. The van der Waals surface area contributed by atoms with Crippen molar-refractivity contribution < 1.29 is 8.42 Å². The number of nitrogens with two attached hydrogens (primary N) is 1. The highest BCUT2D eigenvalue weighted by atomic mass is 35.5. The fraction of sp³-hybridized carbons (Fsp3) is 0.500. The molecule has 8 heteroatoms. The quantitative estimate of drug-likeness (QED) is 0.545. The lowest BCUT2D eigenvalue weighted by atomic mass is 10.2. The van der Waals surface area contributed by atoms with Gasteiger partial charge in [-0.1, -0.05) is 25.4 Å². The fourth-order valence-corrected chi connectivity index (χ4v) is 3.07. The van der Waals surface area contributed by atoms with Gasteiger partial charge in [-0.25, -0.2) is 24.0 Å². The van der Waals surface area contributed by atoms with E-state index in [-0.39, 0.29) is 21.8 Å². The summed E-state index contributed by atoms with van der Waals surface area (Å²) < 4.78 is 26.7. The minimum Gasteiger partial charge on any atom is -0.307 e. The molecule has 0 aliphatic carbocycles. The molecule has 1 aromatic heterocycles. The molecule has 0 saturated carbocycles. The summed E-state index contributed by atoms with van der Waals surface area (Å²) >= 11 is 5.84. The molecule has 0 saturated heterocycles. The Morgan fingerprint density at radius 2 is 2.06 bits per heavy atom. The summed E-state index contributed by atoms with van der Waals surface area (Å²) in [6.45, 7) is 3.84. The predicted octanol–water partition coefficient (Wildman–Crippen LogP) is 1.49. The second-order valence-corrected chi connectivity index (χ2v) is 5.90. The Labute approximate surface area is 112 Å². The first-order chi connectivity index (χ1) is 8.44. The van der Waals surface area contributed by atoms with Gasteiger partial charge in [0.2, 0.25) is 10.0 Å². The van der Waals surface area contributed by atoms with Crippen LogP contribution in [0.3, 0.4) is 0 Å². The Morgan fingerprint density at radius 3 is 2.50 bits per heavy atom. The number of nitrogen functional groups attached to an aromatic ring is 1. The summed E-state index contributed by atoms with van der Waals surface area (Å²) in [5, 5.41) is 0.157. The zero-order valence-corrected chi connectivity index (χ0v) is 11.8. The Balaban J connectivity index is 3.02. The number of pyridine rings is 1. The predicted molar refractivity (Wildman–Crippen MR) is 71.7 cm³/mol. The van der Waals surface area contributed by atoms with Crippen molar-refractivity contribution in [2.24, 2.45) is 5.84 Å². The van der Waals surface area contributed by atoms with E-state index in [0.717, 1.165) is 12.8 Å². The standard InChI is InChI=1S/C10H17ClN4O2S/c1-3-7(4-2)15-18(16,17)8-5-9(11)10(14-12)13-6-8/h5-7,15H,3-4,12H2,1-2H3,(H,13,14). The normalized spacial score (nSPS) is 11.8. The summed E-state index contributed by atoms with van der Waals surface area (Å²) in [5.74, 6) is 5.41. The van der Waals surface area contributed by atoms with E-state index in [1.165, 1.54) is 12.3 Å². The molecule has 1 rings (SSSR count). The molecule has 0 aliphatic heterocycles. The summed E-state index contributed by atoms with van der Waals surface area (Å²) in [6.07, 6.45) is 2.66. The molecule has 0 aliphatic rings. The maximum atomic E-state index is 12.1. The van der Waals surface area contributed by atoms with Gasteiger partial charge in [0.25, 0.3) is 0 Å². The van der Waals surface area contributed by atoms with Crippen LogP contribution in [-0.2, 0) is 10.0 Å². The minimum atomic E-state index is -3.60. The van der Waals surface area contributed by atoms with Crippen LogP contribution in [0.2, 0.25) is 5.02 Å². The first-order valence-corrected chi connectivity index (χ1v) is 7.45. The summed E-state index contributed by atoms with van der Waals surface area (Å²) in [5.41, 5.74) is 2.28. The van der Waals surface area contributed by atoms with E-state index in [1.807, 2.05) is 13.8 Å². The van der Waals surface area contributed by atoms with Crippen molar-refractivity contribution in [1.82, 2.24) is 9.71 Å². The number of hydrazine groups is 1. The zero-order valence-electron chi connectivity index (χ0n) is 10.3. The summed E-state index contributed by atoms with van der Waals surface area (Å²) in [6, 6.07) is 1.22. The third-order valence-electron chi connectivity index (χ3n) is 2.57. The molecule has 102 valence electrons. The number of rotatable bonds is 6. The van der Waals surface area contributed by atoms with Gasteiger partial charge >= 0.3 is 0 Å². The van der Waals surface area contributed by atoms with Gasteiger partial charge in [-0.15, -0.1) is 0 Å². The van der Waals surface area contributed by atoms with E-state index in [0.29, 0.717) is 0 Å². The summed E-state index contributed by atoms with van der Waals surface area (Å²) in [7, 11) is -3.60. The van der Waals surface area contributed by atoms with Gasteiger partial charge in [-0.3, -0.25) is 0 Å².